The van der Waals surface area contributed by atoms with Crippen LogP contribution < -0.4 is 0 Å². The van der Waals surface area contributed by atoms with E-state index >= 15 is 0 Å². The van der Waals surface area contributed by atoms with Gasteiger partial charge in [0, 0.05) is 14.8 Å². The van der Waals surface area contributed by atoms with E-state index in [1.807, 2.05) is 19.1 Å². The number of hydrogen-bond acceptors (Lipinski definition) is 4. The van der Waals surface area contributed by atoms with E-state index in [2.05, 4.69) is 0 Å². The van der Waals surface area contributed by atoms with Crippen LogP contribution in [-0.2, 0) is 16.3 Å². The van der Waals surface area contributed by atoms with Gasteiger partial charge in [0.25, 0.3) is 0 Å². The maximum atomic E-state index is 12.4. The third-order valence-electron chi connectivity index (χ3n) is 2.83. The Morgan fingerprint density at radius 3 is 2.48 bits per heavy atom. The molecular weight excluding hydrogens is 326 g/mol. The van der Waals surface area contributed by atoms with Crippen molar-refractivity contribution in [2.45, 2.75) is 18.2 Å². The fourth-order valence-corrected chi connectivity index (χ4v) is 3.95. The summed E-state index contributed by atoms with van der Waals surface area (Å²) in [4.78, 5) is 1.68. The molecule has 1 heterocycles. The van der Waals surface area contributed by atoms with E-state index in [1.54, 1.807) is 6.07 Å². The van der Waals surface area contributed by atoms with E-state index < -0.39 is 9.84 Å². The highest BCUT2D eigenvalue weighted by Crippen LogP contribution is 2.25. The van der Waals surface area contributed by atoms with Crippen LogP contribution in [-0.4, -0.2) is 8.42 Å². The summed E-state index contributed by atoms with van der Waals surface area (Å²) in [7, 11) is -3.82. The Labute approximate surface area is 133 Å². The molecule has 108 valence electrons. The van der Waals surface area contributed by atoms with Crippen molar-refractivity contribution < 1.29 is 8.42 Å². The van der Waals surface area contributed by atoms with Gasteiger partial charge in [-0.25, -0.2) is 8.42 Å². The lowest BCUT2D eigenvalue weighted by Crippen LogP contribution is -2.03. The van der Waals surface area contributed by atoms with Gasteiger partial charge >= 0.3 is 0 Å². The van der Waals surface area contributed by atoms with Gasteiger partial charge in [0.15, 0.2) is 4.91 Å². The average Bonchev–Trinajstić information content (AvgIpc) is 2.92. The molecule has 0 spiro atoms. The van der Waals surface area contributed by atoms with Crippen LogP contribution in [0.3, 0.4) is 0 Å². The van der Waals surface area contributed by atoms with Crippen molar-refractivity contribution in [3.05, 3.63) is 56.1 Å². The molecule has 0 fully saturated rings. The normalized spacial score (nSPS) is 12.1. The fourth-order valence-electron chi connectivity index (χ4n) is 1.70. The molecule has 0 amide bonds. The molecule has 6 heteroatoms. The number of sulfone groups is 1. The van der Waals surface area contributed by atoms with Crippen LogP contribution in [0.1, 0.15) is 16.7 Å². The number of nitriles is 1. The molecule has 0 aliphatic heterocycles. The van der Waals surface area contributed by atoms with E-state index in [9.17, 15) is 13.7 Å². The van der Waals surface area contributed by atoms with E-state index in [4.69, 9.17) is 11.6 Å². The molecule has 0 aliphatic carbocycles. The number of aryl methyl sites for hydroxylation is 1. The third-order valence-corrected chi connectivity index (χ3v) is 5.94. The first-order valence-corrected chi connectivity index (χ1v) is 8.86. The summed E-state index contributed by atoms with van der Waals surface area (Å²) < 4.78 is 24.9. The lowest BCUT2D eigenvalue weighted by molar-refractivity contribution is 0.603. The first-order valence-electron chi connectivity index (χ1n) is 6.18. The maximum absolute atomic E-state index is 12.4. The zero-order valence-electron chi connectivity index (χ0n) is 11.2. The molecule has 0 saturated carbocycles. The fraction of sp³-hybridized carbons (Fsp3) is 0.133. The maximum Gasteiger partial charge on any atom is 0.216 e. The summed E-state index contributed by atoms with van der Waals surface area (Å²) in [6, 6.07) is 11.3. The van der Waals surface area contributed by atoms with Gasteiger partial charge in [-0.15, -0.1) is 11.3 Å². The minimum absolute atomic E-state index is 0.0620. The Morgan fingerprint density at radius 2 is 1.95 bits per heavy atom. The summed E-state index contributed by atoms with van der Waals surface area (Å²) in [6.07, 6.45) is 2.29. The minimum Gasteiger partial charge on any atom is -0.218 e. The van der Waals surface area contributed by atoms with Gasteiger partial charge in [0.2, 0.25) is 9.84 Å². The van der Waals surface area contributed by atoms with Gasteiger partial charge in [-0.3, -0.25) is 0 Å². The van der Waals surface area contributed by atoms with Crippen molar-refractivity contribution in [1.82, 2.24) is 0 Å². The number of nitrogens with zero attached hydrogens (tertiary/aromatic N) is 1. The van der Waals surface area contributed by atoms with Gasteiger partial charge in [0.1, 0.15) is 6.07 Å². The highest BCUT2D eigenvalue weighted by Gasteiger charge is 2.20. The number of thiophene rings is 1. The van der Waals surface area contributed by atoms with Gasteiger partial charge < -0.3 is 0 Å². The summed E-state index contributed by atoms with van der Waals surface area (Å²) in [5.41, 5.74) is 0. The first kappa shape index (κ1) is 15.8. The molecule has 0 bridgehead atoms. The standard InChI is InChI=1S/C15H12ClNO2S2/c1-2-12-5-6-13(20-12)9-15(10-17)21(18,19)14-7-3-11(16)4-8-14/h3-9H,2H2,1H3. The highest BCUT2D eigenvalue weighted by molar-refractivity contribution is 7.95. The van der Waals surface area contributed by atoms with Crippen molar-refractivity contribution in [3.63, 3.8) is 0 Å². The third kappa shape index (κ3) is 3.53. The molecule has 21 heavy (non-hydrogen) atoms. The molecule has 0 aliphatic rings. The molecule has 3 nitrogen and oxygen atoms in total. The van der Waals surface area contributed by atoms with Gasteiger partial charge in [0.05, 0.1) is 4.90 Å². The van der Waals surface area contributed by atoms with E-state index in [-0.39, 0.29) is 9.80 Å². The van der Waals surface area contributed by atoms with Crippen LogP contribution in [0.15, 0.2) is 46.2 Å². The quantitative estimate of drug-likeness (QED) is 0.781. The molecule has 0 N–H and O–H groups in total. The molecule has 1 aromatic heterocycles. The second-order valence-electron chi connectivity index (χ2n) is 4.24. The lowest BCUT2D eigenvalue weighted by atomic mass is 10.3. The zero-order valence-corrected chi connectivity index (χ0v) is 13.6. The number of allylic oxidation sites excluding steroid dienone is 1. The number of halogens is 1. The Morgan fingerprint density at radius 1 is 1.29 bits per heavy atom. The largest absolute Gasteiger partial charge is 0.218 e. The lowest BCUT2D eigenvalue weighted by Gasteiger charge is -2.02. The Kier molecular flexibility index (Phi) is 4.84. The second kappa shape index (κ2) is 6.44. The van der Waals surface area contributed by atoms with Crippen LogP contribution in [0.5, 0.6) is 0 Å². The molecule has 0 radical (unpaired) electrons. The van der Waals surface area contributed by atoms with Crippen molar-refractivity contribution in [2.75, 3.05) is 0 Å². The monoisotopic (exact) mass is 337 g/mol. The first-order chi connectivity index (χ1) is 9.97. The minimum atomic E-state index is -3.82. The number of hydrogen-bond donors (Lipinski definition) is 0. The SMILES string of the molecule is CCc1ccc(C=C(C#N)S(=O)(=O)c2ccc(Cl)cc2)s1. The number of benzene rings is 1. The van der Waals surface area contributed by atoms with E-state index in [1.165, 1.54) is 41.7 Å². The molecular formula is C15H12ClNO2S2. The van der Waals surface area contributed by atoms with Crippen molar-refractivity contribution in [2.24, 2.45) is 0 Å². The Hall–Kier alpha value is -1.61. The molecule has 1 aromatic carbocycles. The molecule has 0 unspecified atom stereocenters. The van der Waals surface area contributed by atoms with Crippen LogP contribution in [0.25, 0.3) is 6.08 Å². The van der Waals surface area contributed by atoms with Gasteiger partial charge in [-0.05, 0) is 48.9 Å². The van der Waals surface area contributed by atoms with Gasteiger partial charge in [-0.1, -0.05) is 18.5 Å². The summed E-state index contributed by atoms with van der Waals surface area (Å²) in [6.45, 7) is 2.02. The van der Waals surface area contributed by atoms with Crippen LogP contribution in [0.4, 0.5) is 0 Å². The predicted octanol–water partition coefficient (Wildman–Crippen LogP) is 4.30. The average molecular weight is 338 g/mol. The van der Waals surface area contributed by atoms with Crippen LogP contribution in [0, 0.1) is 11.3 Å². The Balaban J connectivity index is 2.45. The van der Waals surface area contributed by atoms with Gasteiger partial charge in [-0.2, -0.15) is 5.26 Å². The highest BCUT2D eigenvalue weighted by atomic mass is 35.5. The molecule has 2 rings (SSSR count). The molecule has 0 atom stereocenters. The second-order valence-corrected chi connectivity index (χ2v) is 7.79. The number of rotatable bonds is 4. The van der Waals surface area contributed by atoms with E-state index in [0.29, 0.717) is 5.02 Å². The topological polar surface area (TPSA) is 57.9 Å². The predicted molar refractivity (Wildman–Crippen MR) is 85.9 cm³/mol. The molecule has 2 aromatic rings. The summed E-state index contributed by atoms with van der Waals surface area (Å²) >= 11 is 7.23. The van der Waals surface area contributed by atoms with Crippen molar-refractivity contribution in [3.8, 4) is 6.07 Å². The smallest absolute Gasteiger partial charge is 0.216 e. The zero-order chi connectivity index (χ0) is 15.5. The van der Waals surface area contributed by atoms with Crippen LogP contribution >= 0.6 is 22.9 Å². The summed E-state index contributed by atoms with van der Waals surface area (Å²) in [5.74, 6) is 0. The van der Waals surface area contributed by atoms with E-state index in [0.717, 1.165) is 16.2 Å². The van der Waals surface area contributed by atoms with Crippen molar-refractivity contribution in [1.29, 1.82) is 5.26 Å². The molecule has 0 saturated heterocycles. The Bertz CT molecular complexity index is 812. The summed E-state index contributed by atoms with van der Waals surface area (Å²) in [5, 5.41) is 9.63. The van der Waals surface area contributed by atoms with Crippen LogP contribution in [0.2, 0.25) is 5.02 Å². The van der Waals surface area contributed by atoms with Crippen molar-refractivity contribution >= 4 is 38.9 Å².